The first-order valence-electron chi connectivity index (χ1n) is 9.39. The summed E-state index contributed by atoms with van der Waals surface area (Å²) in [5, 5.41) is 2.81. The fraction of sp³-hybridized carbons (Fsp3) is 0.429. The van der Waals surface area contributed by atoms with Gasteiger partial charge < -0.3 is 19.5 Å². The Morgan fingerprint density at radius 2 is 1.89 bits per heavy atom. The van der Waals surface area contributed by atoms with E-state index in [9.17, 15) is 9.59 Å². The summed E-state index contributed by atoms with van der Waals surface area (Å²) < 4.78 is 5.20. The number of nitrogens with zero attached hydrogens (tertiary/aromatic N) is 2. The molecule has 0 saturated heterocycles. The zero-order chi connectivity index (χ0) is 19.8. The Hall–Kier alpha value is -2.76. The summed E-state index contributed by atoms with van der Waals surface area (Å²) in [5.41, 5.74) is 3.00. The Balaban J connectivity index is 2.01. The second kappa shape index (κ2) is 9.80. The summed E-state index contributed by atoms with van der Waals surface area (Å²) in [7, 11) is 0. The van der Waals surface area contributed by atoms with Gasteiger partial charge in [0.15, 0.2) is 0 Å². The largest absolute Gasteiger partial charge is 0.467 e. The first kappa shape index (κ1) is 20.6. The molecule has 0 spiro atoms. The van der Waals surface area contributed by atoms with E-state index in [-0.39, 0.29) is 18.2 Å². The maximum Gasteiger partial charge on any atom is 0.223 e. The van der Waals surface area contributed by atoms with Crippen molar-refractivity contribution in [3.63, 3.8) is 0 Å². The molecule has 1 aromatic carbocycles. The average molecular weight is 371 g/mol. The van der Waals surface area contributed by atoms with Crippen LogP contribution >= 0.6 is 0 Å². The van der Waals surface area contributed by atoms with Crippen LogP contribution in [0.25, 0.3) is 0 Å². The number of furan rings is 1. The topological polar surface area (TPSA) is 65.8 Å². The summed E-state index contributed by atoms with van der Waals surface area (Å²) >= 11 is 0. The van der Waals surface area contributed by atoms with Crippen molar-refractivity contribution < 1.29 is 14.0 Å². The first-order chi connectivity index (χ1) is 13.0. The number of benzene rings is 1. The van der Waals surface area contributed by atoms with Crippen LogP contribution in [0.15, 0.2) is 41.0 Å². The lowest BCUT2D eigenvalue weighted by molar-refractivity contribution is -0.121. The van der Waals surface area contributed by atoms with Gasteiger partial charge in [0.05, 0.1) is 12.8 Å². The van der Waals surface area contributed by atoms with Crippen molar-refractivity contribution in [1.29, 1.82) is 0 Å². The molecule has 0 fully saturated rings. The second-order valence-electron chi connectivity index (χ2n) is 6.42. The summed E-state index contributed by atoms with van der Waals surface area (Å²) in [4.78, 5) is 28.2. The molecule has 0 aliphatic rings. The number of nitrogens with one attached hydrogen (secondary N) is 1. The van der Waals surface area contributed by atoms with Gasteiger partial charge in [-0.05, 0) is 56.7 Å². The molecule has 0 atom stereocenters. The number of carbonyl (C=O) groups excluding carboxylic acids is 2. The summed E-state index contributed by atoms with van der Waals surface area (Å²) in [6.45, 7) is 10.3. The molecule has 0 unspecified atom stereocenters. The van der Waals surface area contributed by atoms with Crippen molar-refractivity contribution in [3.8, 4) is 0 Å². The fourth-order valence-electron chi connectivity index (χ4n) is 3.08. The smallest absolute Gasteiger partial charge is 0.223 e. The maximum absolute atomic E-state index is 12.2. The minimum absolute atomic E-state index is 0.0764. The molecule has 1 aromatic heterocycles. The van der Waals surface area contributed by atoms with Crippen LogP contribution in [-0.2, 0) is 16.1 Å². The van der Waals surface area contributed by atoms with Crippen LogP contribution in [0.1, 0.15) is 38.5 Å². The Labute approximate surface area is 161 Å². The molecule has 2 rings (SSSR count). The quantitative estimate of drug-likeness (QED) is 0.733. The van der Waals surface area contributed by atoms with E-state index in [1.165, 1.54) is 6.92 Å². The van der Waals surface area contributed by atoms with Crippen LogP contribution in [-0.4, -0.2) is 31.4 Å². The number of aryl methyl sites for hydroxylation is 1. The monoisotopic (exact) mass is 371 g/mol. The van der Waals surface area contributed by atoms with Gasteiger partial charge in [-0.3, -0.25) is 9.59 Å². The highest BCUT2D eigenvalue weighted by Gasteiger charge is 2.16. The third-order valence-corrected chi connectivity index (χ3v) is 4.58. The third kappa shape index (κ3) is 5.61. The number of anilines is 2. The summed E-state index contributed by atoms with van der Waals surface area (Å²) in [6, 6.07) is 9.68. The van der Waals surface area contributed by atoms with Gasteiger partial charge in [0.2, 0.25) is 11.8 Å². The normalized spacial score (nSPS) is 10.5. The third-order valence-electron chi connectivity index (χ3n) is 4.58. The Morgan fingerprint density at radius 3 is 2.44 bits per heavy atom. The van der Waals surface area contributed by atoms with Gasteiger partial charge in [-0.2, -0.15) is 0 Å². The van der Waals surface area contributed by atoms with Crippen molar-refractivity contribution in [1.82, 2.24) is 5.32 Å². The van der Waals surface area contributed by atoms with Gasteiger partial charge in [0, 0.05) is 44.4 Å². The number of hydrogen-bond donors (Lipinski definition) is 1. The molecule has 1 heterocycles. The molecule has 2 amide bonds. The molecule has 146 valence electrons. The highest BCUT2D eigenvalue weighted by Crippen LogP contribution is 2.26. The van der Waals surface area contributed by atoms with Gasteiger partial charge in [-0.1, -0.05) is 0 Å². The van der Waals surface area contributed by atoms with E-state index in [4.69, 9.17) is 4.42 Å². The van der Waals surface area contributed by atoms with Crippen molar-refractivity contribution in [3.05, 3.63) is 47.9 Å². The Kier molecular flexibility index (Phi) is 7.46. The summed E-state index contributed by atoms with van der Waals surface area (Å²) in [6.07, 6.45) is 1.81. The van der Waals surface area contributed by atoms with Crippen LogP contribution in [0.4, 0.5) is 11.4 Å². The lowest BCUT2D eigenvalue weighted by atomic mass is 10.1. The van der Waals surface area contributed by atoms with Gasteiger partial charge in [-0.15, -0.1) is 0 Å². The Bertz CT molecular complexity index is 752. The zero-order valence-electron chi connectivity index (χ0n) is 16.6. The predicted molar refractivity (Wildman–Crippen MR) is 108 cm³/mol. The molecule has 2 aromatic rings. The molecule has 0 bridgehead atoms. The molecule has 0 aliphatic heterocycles. The van der Waals surface area contributed by atoms with E-state index in [0.29, 0.717) is 18.8 Å². The molecule has 1 N–H and O–H groups in total. The van der Waals surface area contributed by atoms with E-state index in [1.54, 1.807) is 17.2 Å². The highest BCUT2D eigenvalue weighted by molar-refractivity contribution is 5.93. The van der Waals surface area contributed by atoms with Crippen LogP contribution < -0.4 is 15.1 Å². The molecule has 0 radical (unpaired) electrons. The number of amides is 2. The molecule has 0 aliphatic carbocycles. The number of hydrogen-bond acceptors (Lipinski definition) is 4. The van der Waals surface area contributed by atoms with Gasteiger partial charge in [0.25, 0.3) is 0 Å². The molecular weight excluding hydrogens is 342 g/mol. The van der Waals surface area contributed by atoms with Crippen LogP contribution in [0.3, 0.4) is 0 Å². The number of carbonyl (C=O) groups is 2. The Morgan fingerprint density at radius 1 is 1.15 bits per heavy atom. The van der Waals surface area contributed by atoms with E-state index >= 15 is 0 Å². The van der Waals surface area contributed by atoms with E-state index in [1.807, 2.05) is 25.1 Å². The van der Waals surface area contributed by atoms with Crippen molar-refractivity contribution in [2.75, 3.05) is 29.4 Å². The van der Waals surface area contributed by atoms with Crippen molar-refractivity contribution >= 4 is 23.2 Å². The standard InChI is InChI=1S/C21H29N3O3/c1-5-23(6-2)18-9-10-20(16(3)14-18)24(17(4)25)12-11-21(26)22-15-19-8-7-13-27-19/h7-10,13-14H,5-6,11-12,15H2,1-4H3,(H,22,26). The van der Waals surface area contributed by atoms with Crippen molar-refractivity contribution in [2.24, 2.45) is 0 Å². The van der Waals surface area contributed by atoms with E-state index < -0.39 is 0 Å². The molecule has 27 heavy (non-hydrogen) atoms. The van der Waals surface area contributed by atoms with Gasteiger partial charge in [0.1, 0.15) is 5.76 Å². The van der Waals surface area contributed by atoms with Crippen LogP contribution in [0, 0.1) is 6.92 Å². The maximum atomic E-state index is 12.2. The molecule has 6 heteroatoms. The van der Waals surface area contributed by atoms with Crippen molar-refractivity contribution in [2.45, 2.75) is 40.7 Å². The highest BCUT2D eigenvalue weighted by atomic mass is 16.3. The van der Waals surface area contributed by atoms with Gasteiger partial charge in [-0.25, -0.2) is 0 Å². The molecule has 6 nitrogen and oxygen atoms in total. The minimum atomic E-state index is -0.116. The first-order valence-corrected chi connectivity index (χ1v) is 9.39. The fourth-order valence-corrected chi connectivity index (χ4v) is 3.08. The summed E-state index contributed by atoms with van der Waals surface area (Å²) in [5.74, 6) is 0.511. The van der Waals surface area contributed by atoms with E-state index in [2.05, 4.69) is 30.1 Å². The number of rotatable bonds is 9. The predicted octanol–water partition coefficient (Wildman–Crippen LogP) is 3.49. The van der Waals surface area contributed by atoms with E-state index in [0.717, 1.165) is 30.0 Å². The second-order valence-corrected chi connectivity index (χ2v) is 6.42. The van der Waals surface area contributed by atoms with Crippen LogP contribution in [0.2, 0.25) is 0 Å². The lowest BCUT2D eigenvalue weighted by Gasteiger charge is -2.26. The van der Waals surface area contributed by atoms with Crippen LogP contribution in [0.5, 0.6) is 0 Å². The molecule has 0 saturated carbocycles. The lowest BCUT2D eigenvalue weighted by Crippen LogP contribution is -2.34. The minimum Gasteiger partial charge on any atom is -0.467 e. The SMILES string of the molecule is CCN(CC)c1ccc(N(CCC(=O)NCc2ccco2)C(C)=O)c(C)c1. The average Bonchev–Trinajstić information content (AvgIpc) is 3.16. The van der Waals surface area contributed by atoms with Gasteiger partial charge >= 0.3 is 0 Å². The molecular formula is C21H29N3O3. The zero-order valence-corrected chi connectivity index (χ0v) is 16.6.